The summed E-state index contributed by atoms with van der Waals surface area (Å²) in [6.45, 7) is 14.4. The standard InChI is InChI=1S/C22H27N3S/c1-7-20(14(2)3)22(6,25-16(5)24)21-11-19(13-26-21)18-9-15(4)8-17(10-18)12-23/h8-11,13,20H,2,7H2,1,3-6H3,(H2,24,25). The van der Waals surface area contributed by atoms with Crippen LogP contribution in [0.2, 0.25) is 0 Å². The first-order valence-corrected chi connectivity index (χ1v) is 9.67. The van der Waals surface area contributed by atoms with Gasteiger partial charge >= 0.3 is 0 Å². The maximum atomic E-state index is 9.24. The predicted octanol–water partition coefficient (Wildman–Crippen LogP) is 5.79. The van der Waals surface area contributed by atoms with Crippen molar-refractivity contribution in [2.75, 3.05) is 0 Å². The maximum Gasteiger partial charge on any atom is 0.100 e. The lowest BCUT2D eigenvalue weighted by molar-refractivity contribution is 0.345. The largest absolute Gasteiger partial charge is 0.388 e. The normalized spacial score (nSPS) is 15.2. The molecule has 2 atom stereocenters. The molecule has 0 aliphatic carbocycles. The van der Waals surface area contributed by atoms with Crippen LogP contribution in [0.4, 0.5) is 0 Å². The van der Waals surface area contributed by atoms with E-state index in [0.717, 1.165) is 33.6 Å². The predicted molar refractivity (Wildman–Crippen MR) is 112 cm³/mol. The third kappa shape index (κ3) is 4.05. The Morgan fingerprint density at radius 1 is 1.31 bits per heavy atom. The molecule has 0 saturated heterocycles. The first-order valence-electron chi connectivity index (χ1n) is 8.79. The van der Waals surface area contributed by atoms with E-state index in [2.05, 4.69) is 50.9 Å². The maximum absolute atomic E-state index is 9.24. The second-order valence-corrected chi connectivity index (χ2v) is 8.02. The zero-order chi connectivity index (χ0) is 19.5. The number of amidine groups is 1. The average molecular weight is 366 g/mol. The molecule has 4 heteroatoms. The molecule has 0 amide bonds. The third-order valence-corrected chi connectivity index (χ3v) is 5.89. The second kappa shape index (κ2) is 7.88. The second-order valence-electron chi connectivity index (χ2n) is 7.11. The minimum atomic E-state index is -0.440. The van der Waals surface area contributed by atoms with E-state index in [4.69, 9.17) is 10.7 Å². The van der Waals surface area contributed by atoms with Crippen molar-refractivity contribution in [3.8, 4) is 17.2 Å². The van der Waals surface area contributed by atoms with E-state index in [1.54, 1.807) is 11.3 Å². The molecule has 0 aliphatic heterocycles. The van der Waals surface area contributed by atoms with Crippen molar-refractivity contribution >= 4 is 17.2 Å². The van der Waals surface area contributed by atoms with Gasteiger partial charge in [-0.1, -0.05) is 25.1 Å². The number of hydrogen-bond donors (Lipinski definition) is 1. The Morgan fingerprint density at radius 3 is 2.54 bits per heavy atom. The van der Waals surface area contributed by atoms with Gasteiger partial charge in [0, 0.05) is 10.8 Å². The molecule has 2 aromatic rings. The van der Waals surface area contributed by atoms with Gasteiger partial charge in [0.15, 0.2) is 0 Å². The molecule has 0 aliphatic rings. The van der Waals surface area contributed by atoms with Gasteiger partial charge in [0.25, 0.3) is 0 Å². The Hall–Kier alpha value is -2.38. The van der Waals surface area contributed by atoms with Crippen LogP contribution in [0, 0.1) is 24.2 Å². The third-order valence-electron chi connectivity index (χ3n) is 4.73. The fraction of sp³-hybridized carbons (Fsp3) is 0.364. The molecule has 0 saturated carbocycles. The minimum absolute atomic E-state index is 0.208. The van der Waals surface area contributed by atoms with Gasteiger partial charge in [-0.05, 0) is 74.4 Å². The molecule has 136 valence electrons. The summed E-state index contributed by atoms with van der Waals surface area (Å²) in [6.07, 6.45) is 0.943. The topological polar surface area (TPSA) is 62.2 Å². The summed E-state index contributed by atoms with van der Waals surface area (Å²) in [4.78, 5) is 5.98. The van der Waals surface area contributed by atoms with E-state index in [1.165, 1.54) is 0 Å². The molecular weight excluding hydrogens is 338 g/mol. The van der Waals surface area contributed by atoms with Gasteiger partial charge in [0.1, 0.15) is 5.54 Å². The highest BCUT2D eigenvalue weighted by Crippen LogP contribution is 2.43. The van der Waals surface area contributed by atoms with Gasteiger partial charge in [-0.25, -0.2) is 0 Å². The zero-order valence-corrected chi connectivity index (χ0v) is 17.1. The molecule has 0 spiro atoms. The molecule has 1 aromatic heterocycles. The number of aliphatic imine (C=N–C) groups is 1. The summed E-state index contributed by atoms with van der Waals surface area (Å²) in [5.41, 5.74) is 10.6. The van der Waals surface area contributed by atoms with Crippen molar-refractivity contribution in [2.45, 2.75) is 46.6 Å². The summed E-state index contributed by atoms with van der Waals surface area (Å²) in [5.74, 6) is 0.782. The van der Waals surface area contributed by atoms with E-state index >= 15 is 0 Å². The van der Waals surface area contributed by atoms with E-state index in [1.807, 2.05) is 26.0 Å². The average Bonchev–Trinajstić information content (AvgIpc) is 3.04. The summed E-state index contributed by atoms with van der Waals surface area (Å²) >= 11 is 1.69. The summed E-state index contributed by atoms with van der Waals surface area (Å²) in [7, 11) is 0. The molecule has 2 rings (SSSR count). The summed E-state index contributed by atoms with van der Waals surface area (Å²) < 4.78 is 0. The van der Waals surface area contributed by atoms with Crippen LogP contribution >= 0.6 is 11.3 Å². The van der Waals surface area contributed by atoms with Crippen molar-refractivity contribution in [1.29, 1.82) is 5.26 Å². The Kier molecular flexibility index (Phi) is 6.05. The van der Waals surface area contributed by atoms with E-state index in [-0.39, 0.29) is 5.92 Å². The van der Waals surface area contributed by atoms with Crippen LogP contribution < -0.4 is 5.73 Å². The van der Waals surface area contributed by atoms with E-state index in [0.29, 0.717) is 11.4 Å². The Labute approximate surface area is 160 Å². The fourth-order valence-electron chi connectivity index (χ4n) is 3.66. The number of rotatable bonds is 6. The van der Waals surface area contributed by atoms with Crippen LogP contribution in [0.5, 0.6) is 0 Å². The highest BCUT2D eigenvalue weighted by Gasteiger charge is 2.36. The van der Waals surface area contributed by atoms with Crippen LogP contribution in [0.3, 0.4) is 0 Å². The number of thiophene rings is 1. The Balaban J connectivity index is 2.57. The molecule has 3 nitrogen and oxygen atoms in total. The molecule has 2 N–H and O–H groups in total. The van der Waals surface area contributed by atoms with Crippen LogP contribution in [0.25, 0.3) is 11.1 Å². The zero-order valence-electron chi connectivity index (χ0n) is 16.3. The van der Waals surface area contributed by atoms with Gasteiger partial charge in [-0.3, -0.25) is 4.99 Å². The van der Waals surface area contributed by atoms with E-state index < -0.39 is 5.54 Å². The van der Waals surface area contributed by atoms with Crippen molar-refractivity contribution < 1.29 is 0 Å². The first-order chi connectivity index (χ1) is 12.2. The minimum Gasteiger partial charge on any atom is -0.388 e. The molecule has 0 fully saturated rings. The molecule has 26 heavy (non-hydrogen) atoms. The van der Waals surface area contributed by atoms with Gasteiger partial charge < -0.3 is 5.73 Å². The van der Waals surface area contributed by atoms with Crippen LogP contribution in [-0.4, -0.2) is 5.84 Å². The number of nitriles is 1. The highest BCUT2D eigenvalue weighted by molar-refractivity contribution is 7.10. The first kappa shape index (κ1) is 19.9. The Morgan fingerprint density at radius 2 is 2.00 bits per heavy atom. The van der Waals surface area contributed by atoms with Crippen molar-refractivity contribution in [2.24, 2.45) is 16.6 Å². The molecular formula is C22H27N3S. The van der Waals surface area contributed by atoms with Gasteiger partial charge in [0.05, 0.1) is 17.5 Å². The smallest absolute Gasteiger partial charge is 0.100 e. The molecule has 2 unspecified atom stereocenters. The van der Waals surface area contributed by atoms with Crippen LogP contribution in [0.15, 0.2) is 46.8 Å². The SMILES string of the molecule is C=C(C)C(CC)C(C)(N=C(C)N)c1cc(-c2cc(C)cc(C#N)c2)cs1. The van der Waals surface area contributed by atoms with Crippen LogP contribution in [-0.2, 0) is 5.54 Å². The monoisotopic (exact) mass is 365 g/mol. The van der Waals surface area contributed by atoms with Crippen molar-refractivity contribution in [3.05, 3.63) is 57.8 Å². The lowest BCUT2D eigenvalue weighted by Gasteiger charge is -2.34. The number of benzene rings is 1. The molecule has 0 radical (unpaired) electrons. The molecule has 1 aromatic carbocycles. The summed E-state index contributed by atoms with van der Waals surface area (Å²) in [6, 6.07) is 10.4. The van der Waals surface area contributed by atoms with Gasteiger partial charge in [0.2, 0.25) is 0 Å². The van der Waals surface area contributed by atoms with E-state index in [9.17, 15) is 5.26 Å². The van der Waals surface area contributed by atoms with Crippen molar-refractivity contribution in [1.82, 2.24) is 0 Å². The summed E-state index contributed by atoms with van der Waals surface area (Å²) in [5, 5.41) is 11.4. The lowest BCUT2D eigenvalue weighted by Crippen LogP contribution is -2.32. The van der Waals surface area contributed by atoms with Crippen molar-refractivity contribution in [3.63, 3.8) is 0 Å². The lowest BCUT2D eigenvalue weighted by atomic mass is 9.78. The van der Waals surface area contributed by atoms with Gasteiger partial charge in [-0.2, -0.15) is 5.26 Å². The highest BCUT2D eigenvalue weighted by atomic mass is 32.1. The molecule has 1 heterocycles. The number of hydrogen-bond acceptors (Lipinski definition) is 3. The van der Waals surface area contributed by atoms with Crippen LogP contribution in [0.1, 0.15) is 50.1 Å². The Bertz CT molecular complexity index is 881. The fourth-order valence-corrected chi connectivity index (χ4v) is 4.74. The number of aryl methyl sites for hydroxylation is 1. The van der Waals surface area contributed by atoms with Gasteiger partial charge in [-0.15, -0.1) is 11.3 Å². The number of nitrogens with two attached hydrogens (primary N) is 1. The number of nitrogens with zero attached hydrogens (tertiary/aromatic N) is 2. The quantitative estimate of drug-likeness (QED) is 0.400. The molecule has 0 bridgehead atoms.